The molecule has 0 aliphatic carbocycles. The van der Waals surface area contributed by atoms with Gasteiger partial charge in [-0.25, -0.2) is 0 Å². The van der Waals surface area contributed by atoms with E-state index in [0.29, 0.717) is 30.9 Å². The molecule has 0 aromatic heterocycles. The lowest BCUT2D eigenvalue weighted by Crippen LogP contribution is -2.43. The SMILES string of the molecule is C[C@H](Oc1cccc(C(=O)NCc2ccccc2)c1)C(=O)N1CCc2ccccc2C1. The molecule has 5 heteroatoms. The Balaban J connectivity index is 1.36. The minimum Gasteiger partial charge on any atom is -0.481 e. The highest BCUT2D eigenvalue weighted by Gasteiger charge is 2.25. The maximum absolute atomic E-state index is 12.9. The van der Waals surface area contributed by atoms with Crippen molar-refractivity contribution in [2.75, 3.05) is 6.54 Å². The number of rotatable bonds is 6. The third-order valence-corrected chi connectivity index (χ3v) is 5.50. The Hall–Kier alpha value is -3.60. The summed E-state index contributed by atoms with van der Waals surface area (Å²) in [7, 11) is 0. The first-order chi connectivity index (χ1) is 15.1. The summed E-state index contributed by atoms with van der Waals surface area (Å²) in [6.07, 6.45) is 0.221. The van der Waals surface area contributed by atoms with E-state index in [1.165, 1.54) is 11.1 Å². The average molecular weight is 415 g/mol. The van der Waals surface area contributed by atoms with Crippen molar-refractivity contribution in [2.45, 2.75) is 32.5 Å². The summed E-state index contributed by atoms with van der Waals surface area (Å²) < 4.78 is 5.90. The van der Waals surface area contributed by atoms with Crippen LogP contribution < -0.4 is 10.1 Å². The molecule has 1 atom stereocenters. The number of nitrogens with zero attached hydrogens (tertiary/aromatic N) is 1. The van der Waals surface area contributed by atoms with Crippen molar-refractivity contribution in [3.8, 4) is 5.75 Å². The Morgan fingerprint density at radius 2 is 1.71 bits per heavy atom. The lowest BCUT2D eigenvalue weighted by Gasteiger charge is -2.31. The second-order valence-electron chi connectivity index (χ2n) is 7.73. The van der Waals surface area contributed by atoms with E-state index in [4.69, 9.17) is 4.74 Å². The summed E-state index contributed by atoms with van der Waals surface area (Å²) in [6, 6.07) is 24.9. The van der Waals surface area contributed by atoms with Crippen LogP contribution in [0.2, 0.25) is 0 Å². The Labute approximate surface area is 182 Å². The number of nitrogens with one attached hydrogen (secondary N) is 1. The van der Waals surface area contributed by atoms with Gasteiger partial charge >= 0.3 is 0 Å². The fourth-order valence-electron chi connectivity index (χ4n) is 3.79. The number of carbonyl (C=O) groups is 2. The number of hydrogen-bond acceptors (Lipinski definition) is 3. The fraction of sp³-hybridized carbons (Fsp3) is 0.231. The van der Waals surface area contributed by atoms with Crippen molar-refractivity contribution in [3.05, 3.63) is 101 Å². The van der Waals surface area contributed by atoms with Gasteiger partial charge in [-0.15, -0.1) is 0 Å². The van der Waals surface area contributed by atoms with E-state index in [1.807, 2.05) is 47.4 Å². The average Bonchev–Trinajstić information content (AvgIpc) is 2.82. The molecule has 0 saturated heterocycles. The van der Waals surface area contributed by atoms with Crippen molar-refractivity contribution < 1.29 is 14.3 Å². The topological polar surface area (TPSA) is 58.6 Å². The molecule has 1 N–H and O–H groups in total. The van der Waals surface area contributed by atoms with Crippen LogP contribution in [0.25, 0.3) is 0 Å². The Morgan fingerprint density at radius 1 is 0.968 bits per heavy atom. The van der Waals surface area contributed by atoms with Gasteiger partial charge in [0.1, 0.15) is 5.75 Å². The first kappa shape index (κ1) is 20.7. The molecule has 1 heterocycles. The van der Waals surface area contributed by atoms with E-state index >= 15 is 0 Å². The largest absolute Gasteiger partial charge is 0.481 e. The predicted octanol–water partition coefficient (Wildman–Crippen LogP) is 3.97. The van der Waals surface area contributed by atoms with Crippen molar-refractivity contribution in [3.63, 3.8) is 0 Å². The fourth-order valence-corrected chi connectivity index (χ4v) is 3.79. The predicted molar refractivity (Wildman–Crippen MR) is 120 cm³/mol. The van der Waals surface area contributed by atoms with Crippen LogP contribution in [0.1, 0.15) is 34.0 Å². The zero-order chi connectivity index (χ0) is 21.6. The summed E-state index contributed by atoms with van der Waals surface area (Å²) in [5.41, 5.74) is 4.02. The lowest BCUT2D eigenvalue weighted by atomic mass is 9.99. The molecule has 1 aliphatic rings. The molecule has 1 aliphatic heterocycles. The molecule has 4 rings (SSSR count). The second-order valence-corrected chi connectivity index (χ2v) is 7.73. The molecule has 0 fully saturated rings. The van der Waals surface area contributed by atoms with Crippen molar-refractivity contribution in [1.29, 1.82) is 0 Å². The quantitative estimate of drug-likeness (QED) is 0.664. The van der Waals surface area contributed by atoms with Gasteiger partial charge in [-0.1, -0.05) is 60.7 Å². The third kappa shape index (κ3) is 5.12. The number of ether oxygens (including phenoxy) is 1. The van der Waals surface area contributed by atoms with Crippen molar-refractivity contribution >= 4 is 11.8 Å². The number of hydrogen-bond donors (Lipinski definition) is 1. The van der Waals surface area contributed by atoms with Crippen LogP contribution >= 0.6 is 0 Å². The van der Waals surface area contributed by atoms with Gasteiger partial charge in [0, 0.05) is 25.2 Å². The van der Waals surface area contributed by atoms with Gasteiger partial charge in [-0.3, -0.25) is 9.59 Å². The molecule has 0 spiro atoms. The normalized spacial score (nSPS) is 13.8. The molecule has 0 saturated carbocycles. The molecule has 0 unspecified atom stereocenters. The first-order valence-corrected chi connectivity index (χ1v) is 10.5. The summed E-state index contributed by atoms with van der Waals surface area (Å²) in [5, 5.41) is 2.91. The van der Waals surface area contributed by atoms with Crippen LogP contribution in [0.3, 0.4) is 0 Å². The third-order valence-electron chi connectivity index (χ3n) is 5.50. The molecular formula is C26H26N2O3. The summed E-state index contributed by atoms with van der Waals surface area (Å²) in [5.74, 6) is 0.278. The Kier molecular flexibility index (Phi) is 6.32. The summed E-state index contributed by atoms with van der Waals surface area (Å²) >= 11 is 0. The zero-order valence-corrected chi connectivity index (χ0v) is 17.6. The molecule has 3 aromatic rings. The summed E-state index contributed by atoms with van der Waals surface area (Å²) in [4.78, 5) is 27.3. The van der Waals surface area contributed by atoms with Crippen LogP contribution in [-0.4, -0.2) is 29.4 Å². The number of fused-ring (bicyclic) bond motifs is 1. The molecule has 0 radical (unpaired) electrons. The maximum Gasteiger partial charge on any atom is 0.263 e. The van der Waals surface area contributed by atoms with E-state index in [-0.39, 0.29) is 11.8 Å². The minimum absolute atomic E-state index is 0.0477. The molecule has 31 heavy (non-hydrogen) atoms. The Morgan fingerprint density at radius 3 is 2.52 bits per heavy atom. The molecule has 3 aromatic carbocycles. The van der Waals surface area contributed by atoms with Crippen molar-refractivity contribution in [2.24, 2.45) is 0 Å². The van der Waals surface area contributed by atoms with Crippen LogP contribution in [0.15, 0.2) is 78.9 Å². The molecule has 5 nitrogen and oxygen atoms in total. The highest BCUT2D eigenvalue weighted by atomic mass is 16.5. The number of carbonyl (C=O) groups excluding carboxylic acids is 2. The highest BCUT2D eigenvalue weighted by Crippen LogP contribution is 2.21. The van der Waals surface area contributed by atoms with E-state index in [0.717, 1.165) is 12.0 Å². The monoisotopic (exact) mass is 414 g/mol. The van der Waals surface area contributed by atoms with Gasteiger partial charge < -0.3 is 15.0 Å². The number of benzene rings is 3. The van der Waals surface area contributed by atoms with Crippen molar-refractivity contribution in [1.82, 2.24) is 10.2 Å². The van der Waals surface area contributed by atoms with E-state index in [1.54, 1.807) is 31.2 Å². The smallest absolute Gasteiger partial charge is 0.263 e. The highest BCUT2D eigenvalue weighted by molar-refractivity contribution is 5.94. The van der Waals surface area contributed by atoms with Gasteiger partial charge in [0.2, 0.25) is 0 Å². The van der Waals surface area contributed by atoms with E-state index in [2.05, 4.69) is 17.4 Å². The van der Waals surface area contributed by atoms with Gasteiger partial charge in [0.05, 0.1) is 0 Å². The van der Waals surface area contributed by atoms with Crippen LogP contribution in [-0.2, 0) is 24.3 Å². The van der Waals surface area contributed by atoms with Crippen LogP contribution in [0, 0.1) is 0 Å². The van der Waals surface area contributed by atoms with E-state index in [9.17, 15) is 9.59 Å². The molecule has 158 valence electrons. The van der Waals surface area contributed by atoms with E-state index < -0.39 is 6.10 Å². The Bertz CT molecular complexity index is 1070. The first-order valence-electron chi connectivity index (χ1n) is 10.5. The maximum atomic E-state index is 12.9. The standard InChI is InChI=1S/C26H26N2O3/c1-19(26(30)28-15-14-21-10-5-6-11-23(21)18-28)31-24-13-7-12-22(16-24)25(29)27-17-20-8-3-2-4-9-20/h2-13,16,19H,14-15,17-18H2,1H3,(H,27,29)/t19-/m0/s1. The zero-order valence-electron chi connectivity index (χ0n) is 17.6. The van der Waals surface area contributed by atoms with Gasteiger partial charge in [0.25, 0.3) is 11.8 Å². The number of amides is 2. The summed E-state index contributed by atoms with van der Waals surface area (Å²) in [6.45, 7) is 3.50. The van der Waals surface area contributed by atoms with Gasteiger partial charge in [-0.2, -0.15) is 0 Å². The molecule has 2 amide bonds. The lowest BCUT2D eigenvalue weighted by molar-refractivity contribution is -0.138. The molecule has 0 bridgehead atoms. The minimum atomic E-state index is -0.632. The second kappa shape index (κ2) is 9.47. The van der Waals surface area contributed by atoms with Crippen LogP contribution in [0.4, 0.5) is 0 Å². The van der Waals surface area contributed by atoms with Gasteiger partial charge in [-0.05, 0) is 48.2 Å². The van der Waals surface area contributed by atoms with Gasteiger partial charge in [0.15, 0.2) is 6.10 Å². The van der Waals surface area contributed by atoms with Crippen LogP contribution in [0.5, 0.6) is 5.75 Å². The molecular weight excluding hydrogens is 388 g/mol.